The molecule has 0 aliphatic heterocycles. The van der Waals surface area contributed by atoms with E-state index in [1.165, 1.54) is 12.1 Å². The Morgan fingerprint density at radius 1 is 1.20 bits per heavy atom. The van der Waals surface area contributed by atoms with Crippen molar-refractivity contribution in [3.8, 4) is 0 Å². The van der Waals surface area contributed by atoms with Gasteiger partial charge in [0.25, 0.3) is 0 Å². The summed E-state index contributed by atoms with van der Waals surface area (Å²) in [4.78, 5) is 8.95. The maximum atomic E-state index is 13.2. The van der Waals surface area contributed by atoms with Crippen LogP contribution in [0.5, 0.6) is 0 Å². The van der Waals surface area contributed by atoms with Crippen molar-refractivity contribution in [2.45, 2.75) is 11.8 Å². The van der Waals surface area contributed by atoms with Crippen LogP contribution >= 0.6 is 15.9 Å². The Bertz CT molecular complexity index is 1020. The molecular formula is C17H14BrFN6. The molecule has 0 bridgehead atoms. The van der Waals surface area contributed by atoms with Gasteiger partial charge in [-0.05, 0) is 36.8 Å². The highest BCUT2D eigenvalue weighted by molar-refractivity contribution is 9.09. The first-order chi connectivity index (χ1) is 12.1. The summed E-state index contributed by atoms with van der Waals surface area (Å²) >= 11 is 3.61. The number of anilines is 2. The normalized spacial score (nSPS) is 12.4. The topological polar surface area (TPSA) is 70.9 Å². The third-order valence-corrected chi connectivity index (χ3v) is 4.68. The molecule has 0 spiro atoms. The van der Waals surface area contributed by atoms with Gasteiger partial charge in [-0.3, -0.25) is 9.50 Å². The lowest BCUT2D eigenvalue weighted by Crippen LogP contribution is -2.08. The number of hydrogen-bond donors (Lipinski definition) is 2. The maximum absolute atomic E-state index is 13.2. The van der Waals surface area contributed by atoms with Crippen LogP contribution in [0.4, 0.5) is 16.2 Å². The standard InChI is InChI=1S/C17H14BrFN6/c1-10-9-13(24-23-10)20-17-22-16(21-14-3-2-8-25(14)17)15(18)11-4-6-12(19)7-5-11/h2-9,15H,1H3,(H2,20,21,22,23,24). The molecule has 8 heteroatoms. The van der Waals surface area contributed by atoms with Crippen molar-refractivity contribution in [1.82, 2.24) is 24.6 Å². The first kappa shape index (κ1) is 15.8. The molecule has 0 aliphatic carbocycles. The van der Waals surface area contributed by atoms with E-state index >= 15 is 0 Å². The van der Waals surface area contributed by atoms with Crippen LogP contribution in [-0.2, 0) is 0 Å². The molecule has 0 aliphatic rings. The highest BCUT2D eigenvalue weighted by Gasteiger charge is 2.17. The Hall–Kier alpha value is -2.74. The zero-order valence-electron chi connectivity index (χ0n) is 13.2. The average Bonchev–Trinajstić information content (AvgIpc) is 3.23. The van der Waals surface area contributed by atoms with E-state index in [0.717, 1.165) is 16.9 Å². The van der Waals surface area contributed by atoms with Gasteiger partial charge >= 0.3 is 0 Å². The molecule has 1 aromatic carbocycles. The molecule has 4 aromatic rings. The molecule has 0 radical (unpaired) electrons. The molecule has 3 heterocycles. The third kappa shape index (κ3) is 3.12. The van der Waals surface area contributed by atoms with Gasteiger partial charge in [-0.25, -0.2) is 9.37 Å². The summed E-state index contributed by atoms with van der Waals surface area (Å²) in [5, 5.41) is 10.3. The summed E-state index contributed by atoms with van der Waals surface area (Å²) in [6, 6.07) is 12.0. The zero-order valence-corrected chi connectivity index (χ0v) is 14.8. The second kappa shape index (κ2) is 6.29. The van der Waals surface area contributed by atoms with Gasteiger partial charge in [-0.15, -0.1) is 0 Å². The van der Waals surface area contributed by atoms with Crippen molar-refractivity contribution >= 4 is 33.3 Å². The van der Waals surface area contributed by atoms with Crippen molar-refractivity contribution in [2.75, 3.05) is 5.32 Å². The smallest absolute Gasteiger partial charge is 0.216 e. The zero-order chi connectivity index (χ0) is 17.4. The van der Waals surface area contributed by atoms with Crippen LogP contribution in [-0.4, -0.2) is 24.6 Å². The molecule has 1 atom stereocenters. The van der Waals surface area contributed by atoms with Gasteiger partial charge in [0.15, 0.2) is 11.6 Å². The number of halogens is 2. The van der Waals surface area contributed by atoms with Crippen LogP contribution in [0.3, 0.4) is 0 Å². The van der Waals surface area contributed by atoms with Crippen molar-refractivity contribution < 1.29 is 4.39 Å². The quantitative estimate of drug-likeness (QED) is 0.505. The highest BCUT2D eigenvalue weighted by Crippen LogP contribution is 2.30. The number of H-pyrrole nitrogens is 1. The van der Waals surface area contributed by atoms with Gasteiger partial charge in [0.1, 0.15) is 11.5 Å². The fourth-order valence-electron chi connectivity index (χ4n) is 2.53. The predicted octanol–water partition coefficient (Wildman–Crippen LogP) is 4.13. The van der Waals surface area contributed by atoms with E-state index in [2.05, 4.69) is 41.4 Å². The van der Waals surface area contributed by atoms with Crippen LogP contribution in [0.2, 0.25) is 0 Å². The Balaban J connectivity index is 1.75. The maximum Gasteiger partial charge on any atom is 0.216 e. The van der Waals surface area contributed by atoms with Gasteiger partial charge < -0.3 is 5.32 Å². The van der Waals surface area contributed by atoms with Crippen molar-refractivity contribution in [2.24, 2.45) is 0 Å². The van der Waals surface area contributed by atoms with E-state index < -0.39 is 0 Å². The summed E-state index contributed by atoms with van der Waals surface area (Å²) in [5.41, 5.74) is 2.58. The van der Waals surface area contributed by atoms with Crippen molar-refractivity contribution in [1.29, 1.82) is 0 Å². The Kier molecular flexibility index (Phi) is 3.96. The third-order valence-electron chi connectivity index (χ3n) is 3.74. The number of hydrogen-bond acceptors (Lipinski definition) is 4. The molecule has 3 aromatic heterocycles. The Morgan fingerprint density at radius 2 is 2.00 bits per heavy atom. The number of benzene rings is 1. The van der Waals surface area contributed by atoms with Crippen LogP contribution in [0.15, 0.2) is 48.7 Å². The van der Waals surface area contributed by atoms with E-state index in [1.807, 2.05) is 35.7 Å². The summed E-state index contributed by atoms with van der Waals surface area (Å²) in [5.74, 6) is 1.57. The highest BCUT2D eigenvalue weighted by atomic mass is 79.9. The van der Waals surface area contributed by atoms with E-state index in [9.17, 15) is 4.39 Å². The molecule has 4 rings (SSSR count). The number of nitrogens with one attached hydrogen (secondary N) is 2. The summed E-state index contributed by atoms with van der Waals surface area (Å²) < 4.78 is 15.0. The van der Waals surface area contributed by atoms with E-state index in [-0.39, 0.29) is 10.6 Å². The number of alkyl halides is 1. The van der Waals surface area contributed by atoms with Crippen LogP contribution < -0.4 is 5.32 Å². The first-order valence-electron chi connectivity index (χ1n) is 7.64. The lowest BCUT2D eigenvalue weighted by Gasteiger charge is -2.12. The minimum atomic E-state index is -0.275. The summed E-state index contributed by atoms with van der Waals surface area (Å²) in [7, 11) is 0. The Morgan fingerprint density at radius 3 is 2.72 bits per heavy atom. The Labute approximate surface area is 151 Å². The number of aromatic nitrogens is 5. The predicted molar refractivity (Wildman–Crippen MR) is 96.8 cm³/mol. The molecule has 25 heavy (non-hydrogen) atoms. The number of aromatic amines is 1. The molecule has 0 saturated heterocycles. The lowest BCUT2D eigenvalue weighted by atomic mass is 10.1. The molecule has 1 unspecified atom stereocenters. The molecule has 2 N–H and O–H groups in total. The minimum Gasteiger partial charge on any atom is -0.308 e. The second-order valence-electron chi connectivity index (χ2n) is 5.62. The summed E-state index contributed by atoms with van der Waals surface area (Å²) in [6.07, 6.45) is 1.88. The van der Waals surface area contributed by atoms with E-state index in [4.69, 9.17) is 0 Å². The molecule has 0 saturated carbocycles. The fourth-order valence-corrected chi connectivity index (χ4v) is 3.04. The first-order valence-corrected chi connectivity index (χ1v) is 8.55. The fraction of sp³-hybridized carbons (Fsp3) is 0.118. The second-order valence-corrected chi connectivity index (χ2v) is 6.53. The SMILES string of the molecule is Cc1cc(Nc2nc(C(Br)c3ccc(F)cc3)nc3cccn23)n[nH]1. The van der Waals surface area contributed by atoms with Crippen LogP contribution in [0.25, 0.3) is 5.65 Å². The van der Waals surface area contributed by atoms with Gasteiger partial charge in [0, 0.05) is 18.0 Å². The van der Waals surface area contributed by atoms with Crippen LogP contribution in [0.1, 0.15) is 21.9 Å². The van der Waals surface area contributed by atoms with Gasteiger partial charge in [-0.2, -0.15) is 10.1 Å². The molecular weight excluding hydrogens is 387 g/mol. The largest absolute Gasteiger partial charge is 0.308 e. The summed E-state index contributed by atoms with van der Waals surface area (Å²) in [6.45, 7) is 1.93. The van der Waals surface area contributed by atoms with Crippen LogP contribution in [0, 0.1) is 12.7 Å². The van der Waals surface area contributed by atoms with Crippen molar-refractivity contribution in [3.63, 3.8) is 0 Å². The van der Waals surface area contributed by atoms with Gasteiger partial charge in [-0.1, -0.05) is 28.1 Å². The van der Waals surface area contributed by atoms with E-state index in [0.29, 0.717) is 17.6 Å². The average molecular weight is 401 g/mol. The lowest BCUT2D eigenvalue weighted by molar-refractivity contribution is 0.627. The molecule has 0 fully saturated rings. The molecule has 0 amide bonds. The monoisotopic (exact) mass is 400 g/mol. The number of nitrogens with zero attached hydrogens (tertiary/aromatic N) is 4. The van der Waals surface area contributed by atoms with Crippen molar-refractivity contribution in [3.05, 3.63) is 71.6 Å². The van der Waals surface area contributed by atoms with E-state index in [1.54, 1.807) is 12.1 Å². The minimum absolute atomic E-state index is 0.255. The van der Waals surface area contributed by atoms with Gasteiger partial charge in [0.2, 0.25) is 5.95 Å². The molecule has 126 valence electrons. The number of fused-ring (bicyclic) bond motifs is 1. The number of rotatable bonds is 4. The number of aryl methyl sites for hydroxylation is 1. The van der Waals surface area contributed by atoms with Gasteiger partial charge in [0.05, 0.1) is 4.83 Å². The molecule has 6 nitrogen and oxygen atoms in total.